The summed E-state index contributed by atoms with van der Waals surface area (Å²) in [4.78, 5) is 23.9. The van der Waals surface area contributed by atoms with Gasteiger partial charge in [-0.25, -0.2) is 14.4 Å². The van der Waals surface area contributed by atoms with Crippen LogP contribution in [0.1, 0.15) is 28.7 Å². The number of amides is 1. The minimum Gasteiger partial charge on any atom is -0.481 e. The zero-order chi connectivity index (χ0) is 21.1. The first-order valence-corrected chi connectivity index (χ1v) is 10.6. The highest BCUT2D eigenvalue weighted by Gasteiger charge is 2.37. The highest BCUT2D eigenvalue weighted by atomic mass is 32.1. The summed E-state index contributed by atoms with van der Waals surface area (Å²) < 4.78 is 18.5. The van der Waals surface area contributed by atoms with Crippen molar-refractivity contribution < 1.29 is 13.9 Å². The van der Waals surface area contributed by atoms with Crippen molar-refractivity contribution in [2.75, 3.05) is 19.0 Å². The molecule has 0 bridgehead atoms. The van der Waals surface area contributed by atoms with Gasteiger partial charge in [0.1, 0.15) is 5.82 Å². The summed E-state index contributed by atoms with van der Waals surface area (Å²) in [5.74, 6) is -0.0115. The molecule has 6 nitrogen and oxygen atoms in total. The fourth-order valence-electron chi connectivity index (χ4n) is 3.81. The molecule has 2 aromatic heterocycles. The van der Waals surface area contributed by atoms with Gasteiger partial charge in [-0.2, -0.15) is 0 Å². The minimum atomic E-state index is -0.264. The van der Waals surface area contributed by atoms with Gasteiger partial charge in [0.2, 0.25) is 11.8 Å². The lowest BCUT2D eigenvalue weighted by Crippen LogP contribution is -2.27. The quantitative estimate of drug-likeness (QED) is 0.640. The number of aryl methyl sites for hydroxylation is 1. The van der Waals surface area contributed by atoms with Gasteiger partial charge in [-0.15, -0.1) is 11.3 Å². The van der Waals surface area contributed by atoms with E-state index in [1.54, 1.807) is 48.9 Å². The Morgan fingerprint density at radius 1 is 1.30 bits per heavy atom. The maximum Gasteiger partial charge on any atom is 0.228 e. The molecule has 0 unspecified atom stereocenters. The van der Waals surface area contributed by atoms with E-state index in [0.29, 0.717) is 31.1 Å². The van der Waals surface area contributed by atoms with Crippen LogP contribution in [-0.2, 0) is 11.3 Å². The van der Waals surface area contributed by atoms with Crippen molar-refractivity contribution in [2.45, 2.75) is 25.9 Å². The van der Waals surface area contributed by atoms with Crippen LogP contribution in [0.4, 0.5) is 10.1 Å². The number of aromatic nitrogens is 2. The number of hydrogen-bond donors (Lipinski definition) is 1. The molecule has 4 rings (SSSR count). The Morgan fingerprint density at radius 2 is 2.10 bits per heavy atom. The Kier molecular flexibility index (Phi) is 6.06. The molecule has 156 valence electrons. The predicted molar refractivity (Wildman–Crippen MR) is 114 cm³/mol. The van der Waals surface area contributed by atoms with Crippen molar-refractivity contribution >= 4 is 22.9 Å². The van der Waals surface area contributed by atoms with Crippen LogP contribution in [0.25, 0.3) is 0 Å². The molecule has 0 saturated carbocycles. The smallest absolute Gasteiger partial charge is 0.228 e. The van der Waals surface area contributed by atoms with Crippen molar-refractivity contribution in [3.63, 3.8) is 0 Å². The van der Waals surface area contributed by atoms with Crippen LogP contribution in [0.15, 0.2) is 48.0 Å². The van der Waals surface area contributed by atoms with Gasteiger partial charge in [0.15, 0.2) is 0 Å². The molecule has 1 amide bonds. The molecule has 0 radical (unpaired) electrons. The number of rotatable bonds is 6. The summed E-state index contributed by atoms with van der Waals surface area (Å²) in [5.41, 5.74) is 2.63. The topological polar surface area (TPSA) is 67.3 Å². The number of carbonyl (C=O) groups is 1. The van der Waals surface area contributed by atoms with E-state index in [-0.39, 0.29) is 23.7 Å². The highest BCUT2D eigenvalue weighted by molar-refractivity contribution is 7.09. The SMILES string of the molecule is COc1ccc(NC(=O)[C@@H]2C[C@H](c3ccc(F)cc3)N(Cc3csc(C)n3)C2)cn1. The summed E-state index contributed by atoms with van der Waals surface area (Å²) >= 11 is 1.61. The zero-order valence-corrected chi connectivity index (χ0v) is 17.7. The first-order valence-electron chi connectivity index (χ1n) is 9.73. The summed E-state index contributed by atoms with van der Waals surface area (Å²) in [6.07, 6.45) is 2.24. The molecule has 0 aliphatic carbocycles. The van der Waals surface area contributed by atoms with E-state index < -0.39 is 0 Å². The monoisotopic (exact) mass is 426 g/mol. The van der Waals surface area contributed by atoms with Gasteiger partial charge in [-0.05, 0) is 37.1 Å². The number of likely N-dealkylation sites (tertiary alicyclic amines) is 1. The number of ether oxygens (including phenoxy) is 1. The van der Waals surface area contributed by atoms with E-state index in [1.807, 2.05) is 12.3 Å². The van der Waals surface area contributed by atoms with Gasteiger partial charge < -0.3 is 10.1 Å². The Hall–Kier alpha value is -2.84. The van der Waals surface area contributed by atoms with Gasteiger partial charge in [-0.1, -0.05) is 12.1 Å². The van der Waals surface area contributed by atoms with Crippen molar-refractivity contribution in [3.05, 3.63) is 70.1 Å². The summed E-state index contributed by atoms with van der Waals surface area (Å²) in [6, 6.07) is 10.0. The third-order valence-corrected chi connectivity index (χ3v) is 6.10. The van der Waals surface area contributed by atoms with Crippen molar-refractivity contribution in [2.24, 2.45) is 5.92 Å². The molecule has 1 aromatic carbocycles. The molecule has 0 spiro atoms. The van der Waals surface area contributed by atoms with Gasteiger partial charge >= 0.3 is 0 Å². The number of benzene rings is 1. The number of pyridine rings is 1. The second-order valence-corrected chi connectivity index (χ2v) is 8.43. The number of anilines is 1. The number of hydrogen-bond acceptors (Lipinski definition) is 6. The number of methoxy groups -OCH3 is 1. The standard InChI is InChI=1S/C22H23FN4O2S/c1-14-25-19(13-30-14)12-27-11-16(9-20(27)15-3-5-17(23)6-4-15)22(28)26-18-7-8-21(29-2)24-10-18/h3-8,10,13,16,20H,9,11-12H2,1-2H3,(H,26,28)/t16-,20-/m1/s1. The predicted octanol–water partition coefficient (Wildman–Crippen LogP) is 4.20. The van der Waals surface area contributed by atoms with E-state index in [2.05, 4.69) is 20.2 Å². The first kappa shape index (κ1) is 20.4. The zero-order valence-electron chi connectivity index (χ0n) is 16.8. The second-order valence-electron chi connectivity index (χ2n) is 7.37. The normalized spacial score (nSPS) is 19.0. The molecule has 3 heterocycles. The molecule has 30 heavy (non-hydrogen) atoms. The molecule has 1 fully saturated rings. The van der Waals surface area contributed by atoms with Crippen LogP contribution in [0.2, 0.25) is 0 Å². The van der Waals surface area contributed by atoms with E-state index in [4.69, 9.17) is 4.74 Å². The number of thiazole rings is 1. The lowest BCUT2D eigenvalue weighted by atomic mass is 9.99. The van der Waals surface area contributed by atoms with Gasteiger partial charge in [0.05, 0.1) is 35.6 Å². The lowest BCUT2D eigenvalue weighted by molar-refractivity contribution is -0.119. The van der Waals surface area contributed by atoms with Crippen LogP contribution in [0.3, 0.4) is 0 Å². The average Bonchev–Trinajstić information content (AvgIpc) is 3.36. The molecular weight excluding hydrogens is 403 g/mol. The molecular formula is C22H23FN4O2S. The summed E-state index contributed by atoms with van der Waals surface area (Å²) in [6.45, 7) is 3.24. The number of carbonyl (C=O) groups excluding carboxylic acids is 1. The van der Waals surface area contributed by atoms with Crippen molar-refractivity contribution in [3.8, 4) is 5.88 Å². The van der Waals surface area contributed by atoms with Crippen LogP contribution in [0.5, 0.6) is 5.88 Å². The van der Waals surface area contributed by atoms with E-state index >= 15 is 0 Å². The molecule has 1 aliphatic rings. The number of nitrogens with one attached hydrogen (secondary N) is 1. The molecule has 1 N–H and O–H groups in total. The van der Waals surface area contributed by atoms with E-state index in [1.165, 1.54) is 12.1 Å². The van der Waals surface area contributed by atoms with Gasteiger partial charge in [-0.3, -0.25) is 9.69 Å². The third kappa shape index (κ3) is 4.66. The molecule has 1 aliphatic heterocycles. The van der Waals surface area contributed by atoms with Crippen LogP contribution >= 0.6 is 11.3 Å². The van der Waals surface area contributed by atoms with Gasteiger partial charge in [0, 0.05) is 30.6 Å². The first-order chi connectivity index (χ1) is 14.5. The largest absolute Gasteiger partial charge is 0.481 e. The van der Waals surface area contributed by atoms with Crippen LogP contribution in [-0.4, -0.2) is 34.4 Å². The Morgan fingerprint density at radius 3 is 2.73 bits per heavy atom. The highest BCUT2D eigenvalue weighted by Crippen LogP contribution is 2.37. The lowest BCUT2D eigenvalue weighted by Gasteiger charge is -2.23. The Labute approximate surface area is 178 Å². The number of nitrogens with zero attached hydrogens (tertiary/aromatic N) is 3. The molecule has 1 saturated heterocycles. The van der Waals surface area contributed by atoms with Crippen molar-refractivity contribution in [1.29, 1.82) is 0 Å². The Balaban J connectivity index is 1.50. The minimum absolute atomic E-state index is 0.0253. The maximum absolute atomic E-state index is 13.4. The molecule has 2 atom stereocenters. The van der Waals surface area contributed by atoms with E-state index in [0.717, 1.165) is 16.3 Å². The Bertz CT molecular complexity index is 1010. The van der Waals surface area contributed by atoms with E-state index in [9.17, 15) is 9.18 Å². The van der Waals surface area contributed by atoms with Gasteiger partial charge in [0.25, 0.3) is 0 Å². The van der Waals surface area contributed by atoms with Crippen LogP contribution in [0, 0.1) is 18.7 Å². The average molecular weight is 427 g/mol. The van der Waals surface area contributed by atoms with Crippen molar-refractivity contribution in [1.82, 2.24) is 14.9 Å². The fraction of sp³-hybridized carbons (Fsp3) is 0.318. The summed E-state index contributed by atoms with van der Waals surface area (Å²) in [5, 5.41) is 6.01. The van der Waals surface area contributed by atoms with Crippen LogP contribution < -0.4 is 10.1 Å². The number of halogens is 1. The third-order valence-electron chi connectivity index (χ3n) is 5.27. The molecule has 3 aromatic rings. The fourth-order valence-corrected chi connectivity index (χ4v) is 4.41. The maximum atomic E-state index is 13.4. The molecule has 8 heteroatoms. The second kappa shape index (κ2) is 8.89. The summed E-state index contributed by atoms with van der Waals surface area (Å²) in [7, 11) is 1.55.